The van der Waals surface area contributed by atoms with Gasteiger partial charge in [-0.15, -0.1) is 5.10 Å². The fourth-order valence-corrected chi connectivity index (χ4v) is 2.41. The third kappa shape index (κ3) is 2.66. The zero-order valence-corrected chi connectivity index (χ0v) is 11.1. The smallest absolute Gasteiger partial charge is 0.180 e. The highest BCUT2D eigenvalue weighted by atomic mass is 79.9. The lowest BCUT2D eigenvalue weighted by molar-refractivity contribution is 0.0996. The molecule has 16 heavy (non-hydrogen) atoms. The van der Waals surface area contributed by atoms with Crippen molar-refractivity contribution >= 4 is 44.8 Å². The third-order valence-corrected chi connectivity index (χ3v) is 3.55. The summed E-state index contributed by atoms with van der Waals surface area (Å²) in [6, 6.07) is 5.47. The number of halogens is 2. The Morgan fingerprint density at radius 1 is 1.50 bits per heavy atom. The summed E-state index contributed by atoms with van der Waals surface area (Å²) in [5.74, 6) is -0.0146. The van der Waals surface area contributed by atoms with Gasteiger partial charge in [-0.25, -0.2) is 0 Å². The second kappa shape index (κ2) is 5.03. The second-order valence-electron chi connectivity index (χ2n) is 3.12. The SMILES string of the molecule is O=C(Cc1ccc(Br)cc1Cl)c1cnns1. The molecule has 0 N–H and O–H groups in total. The molecule has 0 spiro atoms. The number of carbonyl (C=O) groups excluding carboxylic acids is 1. The van der Waals surface area contributed by atoms with Crippen molar-refractivity contribution in [3.05, 3.63) is 44.3 Å². The molecule has 1 aromatic carbocycles. The van der Waals surface area contributed by atoms with Gasteiger partial charge in [-0.05, 0) is 29.2 Å². The highest BCUT2D eigenvalue weighted by Gasteiger charge is 2.11. The number of hydrogen-bond donors (Lipinski definition) is 0. The Hall–Kier alpha value is -0.780. The molecule has 82 valence electrons. The third-order valence-electron chi connectivity index (χ3n) is 2.00. The molecular weight excluding hydrogens is 312 g/mol. The summed E-state index contributed by atoms with van der Waals surface area (Å²) in [7, 11) is 0. The quantitative estimate of drug-likeness (QED) is 0.815. The van der Waals surface area contributed by atoms with Gasteiger partial charge in [-0.3, -0.25) is 4.79 Å². The van der Waals surface area contributed by atoms with Crippen molar-refractivity contribution in [2.75, 3.05) is 0 Å². The molecule has 0 aliphatic heterocycles. The number of benzene rings is 1. The first kappa shape index (κ1) is 11.7. The van der Waals surface area contributed by atoms with Crippen LogP contribution in [0, 0.1) is 0 Å². The van der Waals surface area contributed by atoms with E-state index in [1.807, 2.05) is 12.1 Å². The molecule has 0 atom stereocenters. The average molecular weight is 318 g/mol. The second-order valence-corrected chi connectivity index (χ2v) is 5.23. The number of ketones is 1. The number of carbonyl (C=O) groups is 1. The largest absolute Gasteiger partial charge is 0.293 e. The van der Waals surface area contributed by atoms with Crippen LogP contribution in [0.25, 0.3) is 0 Å². The summed E-state index contributed by atoms with van der Waals surface area (Å²) in [4.78, 5) is 12.3. The van der Waals surface area contributed by atoms with Crippen LogP contribution in [0.1, 0.15) is 15.2 Å². The van der Waals surface area contributed by atoms with Crippen LogP contribution >= 0.6 is 39.1 Å². The number of nitrogens with zero attached hydrogens (tertiary/aromatic N) is 2. The molecule has 2 aromatic rings. The standard InChI is InChI=1S/C10H6BrClN2OS/c11-7-2-1-6(8(12)4-7)3-9(15)10-5-13-14-16-10/h1-2,4-5H,3H2. The Morgan fingerprint density at radius 3 is 2.94 bits per heavy atom. The maximum absolute atomic E-state index is 11.8. The highest BCUT2D eigenvalue weighted by Crippen LogP contribution is 2.22. The van der Waals surface area contributed by atoms with Gasteiger partial charge in [0.05, 0.1) is 6.20 Å². The van der Waals surface area contributed by atoms with E-state index in [4.69, 9.17) is 11.6 Å². The maximum Gasteiger partial charge on any atom is 0.180 e. The van der Waals surface area contributed by atoms with E-state index in [9.17, 15) is 4.79 Å². The van der Waals surface area contributed by atoms with Crippen LogP contribution in [0.5, 0.6) is 0 Å². The molecule has 0 saturated carbocycles. The van der Waals surface area contributed by atoms with Gasteiger partial charge in [0.25, 0.3) is 0 Å². The van der Waals surface area contributed by atoms with Crippen molar-refractivity contribution in [2.24, 2.45) is 0 Å². The Kier molecular flexibility index (Phi) is 3.68. The van der Waals surface area contributed by atoms with E-state index in [0.717, 1.165) is 21.6 Å². The predicted molar refractivity (Wildman–Crippen MR) is 67.1 cm³/mol. The maximum atomic E-state index is 11.8. The zero-order chi connectivity index (χ0) is 11.5. The van der Waals surface area contributed by atoms with Gasteiger partial charge in [0.2, 0.25) is 0 Å². The summed E-state index contributed by atoms with van der Waals surface area (Å²) in [5.41, 5.74) is 0.809. The molecule has 0 fully saturated rings. The summed E-state index contributed by atoms with van der Waals surface area (Å²) >= 11 is 10.4. The zero-order valence-electron chi connectivity index (χ0n) is 7.98. The van der Waals surface area contributed by atoms with Gasteiger partial charge in [0.1, 0.15) is 4.88 Å². The minimum Gasteiger partial charge on any atom is -0.293 e. The van der Waals surface area contributed by atoms with Gasteiger partial charge >= 0.3 is 0 Å². The van der Waals surface area contributed by atoms with E-state index in [1.54, 1.807) is 6.07 Å². The lowest BCUT2D eigenvalue weighted by Gasteiger charge is -2.02. The van der Waals surface area contributed by atoms with Crippen molar-refractivity contribution in [3.63, 3.8) is 0 Å². The van der Waals surface area contributed by atoms with E-state index in [-0.39, 0.29) is 12.2 Å². The van der Waals surface area contributed by atoms with Gasteiger partial charge < -0.3 is 0 Å². The van der Waals surface area contributed by atoms with Crippen LogP contribution in [0.2, 0.25) is 5.02 Å². The molecule has 3 nitrogen and oxygen atoms in total. The Balaban J connectivity index is 2.18. The summed E-state index contributed by atoms with van der Waals surface area (Å²) in [6.45, 7) is 0. The number of Topliss-reactive ketones (excluding diaryl/α,β-unsaturated/α-hetero) is 1. The molecule has 6 heteroatoms. The highest BCUT2D eigenvalue weighted by molar-refractivity contribution is 9.10. The molecule has 0 aliphatic carbocycles. The van der Waals surface area contributed by atoms with Crippen molar-refractivity contribution < 1.29 is 4.79 Å². The number of hydrogen-bond acceptors (Lipinski definition) is 4. The van der Waals surface area contributed by atoms with Gasteiger partial charge in [0.15, 0.2) is 5.78 Å². The topological polar surface area (TPSA) is 42.9 Å². The summed E-state index contributed by atoms with van der Waals surface area (Å²) in [5, 5.41) is 4.21. The fraction of sp³-hybridized carbons (Fsp3) is 0.100. The summed E-state index contributed by atoms with van der Waals surface area (Å²) in [6.07, 6.45) is 1.75. The molecular formula is C10H6BrClN2OS. The molecule has 1 heterocycles. The van der Waals surface area contributed by atoms with E-state index in [1.165, 1.54) is 6.20 Å². The molecule has 0 amide bonds. The van der Waals surface area contributed by atoms with Crippen LogP contribution < -0.4 is 0 Å². The lowest BCUT2D eigenvalue weighted by atomic mass is 10.1. The first-order valence-corrected chi connectivity index (χ1v) is 6.36. The molecule has 0 saturated heterocycles. The van der Waals surface area contributed by atoms with Crippen LogP contribution in [-0.2, 0) is 6.42 Å². The van der Waals surface area contributed by atoms with Crippen molar-refractivity contribution in [2.45, 2.75) is 6.42 Å². The van der Waals surface area contributed by atoms with Gasteiger partial charge in [0, 0.05) is 15.9 Å². The normalized spacial score (nSPS) is 10.4. The first-order chi connectivity index (χ1) is 7.66. The van der Waals surface area contributed by atoms with Crippen LogP contribution in [0.3, 0.4) is 0 Å². The van der Waals surface area contributed by atoms with Crippen molar-refractivity contribution in [1.82, 2.24) is 9.59 Å². The number of aromatic nitrogens is 2. The fourth-order valence-electron chi connectivity index (χ4n) is 1.22. The Bertz CT molecular complexity index is 516. The minimum atomic E-state index is -0.0146. The summed E-state index contributed by atoms with van der Waals surface area (Å²) < 4.78 is 4.55. The van der Waals surface area contributed by atoms with E-state index in [0.29, 0.717) is 9.90 Å². The Labute approximate surface area is 110 Å². The average Bonchev–Trinajstić information content (AvgIpc) is 2.75. The first-order valence-electron chi connectivity index (χ1n) is 4.41. The van der Waals surface area contributed by atoms with Crippen LogP contribution in [-0.4, -0.2) is 15.4 Å². The van der Waals surface area contributed by atoms with E-state index in [2.05, 4.69) is 25.5 Å². The van der Waals surface area contributed by atoms with E-state index >= 15 is 0 Å². The van der Waals surface area contributed by atoms with Crippen molar-refractivity contribution in [1.29, 1.82) is 0 Å². The Morgan fingerprint density at radius 2 is 2.31 bits per heavy atom. The van der Waals surface area contributed by atoms with E-state index < -0.39 is 0 Å². The van der Waals surface area contributed by atoms with Gasteiger partial charge in [-0.2, -0.15) is 0 Å². The van der Waals surface area contributed by atoms with Crippen molar-refractivity contribution in [3.8, 4) is 0 Å². The molecule has 0 unspecified atom stereocenters. The molecule has 2 rings (SSSR count). The molecule has 0 radical (unpaired) electrons. The minimum absolute atomic E-state index is 0.0146. The number of rotatable bonds is 3. The van der Waals surface area contributed by atoms with Crippen LogP contribution in [0.4, 0.5) is 0 Å². The monoisotopic (exact) mass is 316 g/mol. The van der Waals surface area contributed by atoms with Crippen LogP contribution in [0.15, 0.2) is 28.9 Å². The lowest BCUT2D eigenvalue weighted by Crippen LogP contribution is -2.01. The molecule has 1 aromatic heterocycles. The van der Waals surface area contributed by atoms with Gasteiger partial charge in [-0.1, -0.05) is 38.1 Å². The predicted octanol–water partition coefficient (Wildman–Crippen LogP) is 3.38. The molecule has 0 aliphatic rings. The molecule has 0 bridgehead atoms.